The smallest absolute Gasteiger partial charge is 0.230 e. The fourth-order valence-electron chi connectivity index (χ4n) is 2.09. The van der Waals surface area contributed by atoms with E-state index in [9.17, 15) is 9.59 Å². The second kappa shape index (κ2) is 9.29. The molecule has 7 heteroatoms. The van der Waals surface area contributed by atoms with Gasteiger partial charge in [0.05, 0.1) is 12.1 Å². The number of hydrogen-bond acceptors (Lipinski definition) is 5. The van der Waals surface area contributed by atoms with Crippen molar-refractivity contribution in [2.24, 2.45) is 5.92 Å². The van der Waals surface area contributed by atoms with Gasteiger partial charge in [0.1, 0.15) is 0 Å². The van der Waals surface area contributed by atoms with Crippen molar-refractivity contribution in [2.45, 2.75) is 33.7 Å². The Hall–Kier alpha value is -2.25. The number of hydrogen-bond donors (Lipinski definition) is 3. The second-order valence-corrected chi connectivity index (χ2v) is 6.85. The summed E-state index contributed by atoms with van der Waals surface area (Å²) in [4.78, 5) is 28.1. The van der Waals surface area contributed by atoms with E-state index in [0.29, 0.717) is 10.8 Å². The number of benzene rings is 1. The van der Waals surface area contributed by atoms with Crippen molar-refractivity contribution in [3.8, 4) is 0 Å². The fraction of sp³-hybridized carbons (Fsp3) is 0.389. The van der Waals surface area contributed by atoms with Gasteiger partial charge in [-0.15, -0.1) is 11.3 Å². The first-order valence-corrected chi connectivity index (χ1v) is 9.20. The summed E-state index contributed by atoms with van der Waals surface area (Å²) in [5, 5.41) is 11.2. The van der Waals surface area contributed by atoms with E-state index in [2.05, 4.69) is 27.9 Å². The lowest BCUT2D eigenvalue weighted by Gasteiger charge is -2.07. The number of thiazole rings is 1. The molecule has 6 nitrogen and oxygen atoms in total. The Balaban J connectivity index is 1.90. The van der Waals surface area contributed by atoms with Crippen molar-refractivity contribution in [2.75, 3.05) is 17.2 Å². The number of aromatic nitrogens is 1. The van der Waals surface area contributed by atoms with Gasteiger partial charge >= 0.3 is 0 Å². The summed E-state index contributed by atoms with van der Waals surface area (Å²) in [5.41, 5.74) is 2.53. The molecule has 0 atom stereocenters. The molecule has 1 aromatic heterocycles. The molecule has 1 heterocycles. The number of rotatable bonds is 8. The molecule has 25 heavy (non-hydrogen) atoms. The molecule has 0 bridgehead atoms. The molecule has 0 fully saturated rings. The summed E-state index contributed by atoms with van der Waals surface area (Å²) < 4.78 is 0. The lowest BCUT2D eigenvalue weighted by Crippen LogP contribution is -2.18. The van der Waals surface area contributed by atoms with E-state index < -0.39 is 0 Å². The molecule has 0 spiro atoms. The highest BCUT2D eigenvalue weighted by molar-refractivity contribution is 7.13. The molecule has 2 amide bonds. The number of amides is 2. The molecule has 3 N–H and O–H groups in total. The van der Waals surface area contributed by atoms with Gasteiger partial charge in [0.2, 0.25) is 11.8 Å². The van der Waals surface area contributed by atoms with Crippen LogP contribution >= 0.6 is 11.3 Å². The normalized spacial score (nSPS) is 10.7. The molecule has 0 unspecified atom stereocenters. The van der Waals surface area contributed by atoms with Crippen LogP contribution in [0.15, 0.2) is 29.6 Å². The average molecular weight is 360 g/mol. The predicted octanol–water partition coefficient (Wildman–Crippen LogP) is 3.03. The summed E-state index contributed by atoms with van der Waals surface area (Å²) in [6.07, 6.45) is 0.172. The van der Waals surface area contributed by atoms with E-state index in [1.165, 1.54) is 11.3 Å². The summed E-state index contributed by atoms with van der Waals surface area (Å²) in [6, 6.07) is 7.76. The number of nitrogens with one attached hydrogen (secondary N) is 3. The summed E-state index contributed by atoms with van der Waals surface area (Å²) in [6.45, 7) is 7.36. The third kappa shape index (κ3) is 6.28. The van der Waals surface area contributed by atoms with Crippen molar-refractivity contribution in [3.63, 3.8) is 0 Å². The van der Waals surface area contributed by atoms with Gasteiger partial charge in [-0.2, -0.15) is 0 Å². The molecule has 0 aliphatic rings. The van der Waals surface area contributed by atoms with Crippen molar-refractivity contribution in [3.05, 3.63) is 40.9 Å². The molecular formula is C18H24N4O2S. The quantitative estimate of drug-likeness (QED) is 0.676. The molecule has 2 rings (SSSR count). The first-order valence-electron chi connectivity index (χ1n) is 8.32. The Morgan fingerprint density at radius 3 is 2.76 bits per heavy atom. The van der Waals surface area contributed by atoms with Crippen LogP contribution in [-0.4, -0.2) is 23.3 Å². The zero-order valence-electron chi connectivity index (χ0n) is 14.8. The maximum absolute atomic E-state index is 12.2. The minimum Gasteiger partial charge on any atom is -0.326 e. The fourth-order valence-corrected chi connectivity index (χ4v) is 2.81. The summed E-state index contributed by atoms with van der Waals surface area (Å²) in [7, 11) is 0. The average Bonchev–Trinajstić information content (AvgIpc) is 2.99. The number of anilines is 2. The predicted molar refractivity (Wildman–Crippen MR) is 102 cm³/mol. The third-order valence-electron chi connectivity index (χ3n) is 3.44. The van der Waals surface area contributed by atoms with Crippen LogP contribution in [0, 0.1) is 5.92 Å². The van der Waals surface area contributed by atoms with Gasteiger partial charge in [0, 0.05) is 23.5 Å². The first-order chi connectivity index (χ1) is 12.0. The van der Waals surface area contributed by atoms with Crippen LogP contribution in [0.2, 0.25) is 0 Å². The van der Waals surface area contributed by atoms with Gasteiger partial charge < -0.3 is 16.0 Å². The third-order valence-corrected chi connectivity index (χ3v) is 4.24. The second-order valence-electron chi connectivity index (χ2n) is 5.99. The Labute approximate surface area is 152 Å². The Kier molecular flexibility index (Phi) is 7.09. The Bertz CT molecular complexity index is 727. The lowest BCUT2D eigenvalue weighted by atomic mass is 10.2. The van der Waals surface area contributed by atoms with E-state index >= 15 is 0 Å². The van der Waals surface area contributed by atoms with Gasteiger partial charge in [0.25, 0.3) is 0 Å². The Morgan fingerprint density at radius 1 is 1.24 bits per heavy atom. The number of carbonyl (C=O) groups excluding carboxylic acids is 2. The monoisotopic (exact) mass is 360 g/mol. The van der Waals surface area contributed by atoms with Crippen LogP contribution < -0.4 is 16.0 Å². The van der Waals surface area contributed by atoms with Crippen molar-refractivity contribution in [1.82, 2.24) is 10.3 Å². The lowest BCUT2D eigenvalue weighted by molar-refractivity contribution is -0.119. The van der Waals surface area contributed by atoms with Crippen LogP contribution in [-0.2, 0) is 22.6 Å². The molecule has 1 aromatic carbocycles. The summed E-state index contributed by atoms with van der Waals surface area (Å²) in [5.74, 6) is -0.319. The molecule has 134 valence electrons. The van der Waals surface area contributed by atoms with Crippen LogP contribution in [0.1, 0.15) is 32.0 Å². The molecule has 0 saturated carbocycles. The van der Waals surface area contributed by atoms with Gasteiger partial charge in [-0.25, -0.2) is 4.98 Å². The van der Waals surface area contributed by atoms with Crippen LogP contribution in [0.4, 0.5) is 10.8 Å². The molecule has 0 aliphatic carbocycles. The van der Waals surface area contributed by atoms with Gasteiger partial charge in [-0.05, 0) is 24.2 Å². The van der Waals surface area contributed by atoms with E-state index in [1.807, 2.05) is 38.1 Å². The largest absolute Gasteiger partial charge is 0.326 e. The molecule has 0 saturated heterocycles. The molecule has 0 aliphatic heterocycles. The Morgan fingerprint density at radius 2 is 2.04 bits per heavy atom. The van der Waals surface area contributed by atoms with E-state index in [4.69, 9.17) is 0 Å². The SMILES string of the molecule is CCNCc1cccc(NC(=O)Cc2csc(NC(=O)C(C)C)n2)c1. The van der Waals surface area contributed by atoms with Gasteiger partial charge in [-0.1, -0.05) is 32.9 Å². The molecule has 0 radical (unpaired) electrons. The van der Waals surface area contributed by atoms with E-state index in [-0.39, 0.29) is 24.2 Å². The maximum atomic E-state index is 12.2. The molecule has 2 aromatic rings. The van der Waals surface area contributed by atoms with Crippen molar-refractivity contribution < 1.29 is 9.59 Å². The minimum atomic E-state index is -0.132. The van der Waals surface area contributed by atoms with Crippen molar-refractivity contribution in [1.29, 1.82) is 0 Å². The maximum Gasteiger partial charge on any atom is 0.230 e. The van der Waals surface area contributed by atoms with Crippen molar-refractivity contribution >= 4 is 34.0 Å². The zero-order chi connectivity index (χ0) is 18.2. The van der Waals surface area contributed by atoms with Crippen LogP contribution in [0.25, 0.3) is 0 Å². The van der Waals surface area contributed by atoms with Gasteiger partial charge in [0.15, 0.2) is 5.13 Å². The summed E-state index contributed by atoms with van der Waals surface area (Å²) >= 11 is 1.32. The van der Waals surface area contributed by atoms with E-state index in [0.717, 1.165) is 24.3 Å². The first kappa shape index (κ1) is 19.1. The standard InChI is InChI=1S/C18H24N4O2S/c1-4-19-10-13-6-5-7-14(8-13)20-16(23)9-15-11-25-18(21-15)22-17(24)12(2)3/h5-8,11-12,19H,4,9-10H2,1-3H3,(H,20,23)(H,21,22,24). The highest BCUT2D eigenvalue weighted by Gasteiger charge is 2.12. The van der Waals surface area contributed by atoms with E-state index in [1.54, 1.807) is 5.38 Å². The molecular weight excluding hydrogens is 336 g/mol. The number of nitrogens with zero attached hydrogens (tertiary/aromatic N) is 1. The minimum absolute atomic E-state index is 0.0807. The van der Waals surface area contributed by atoms with Crippen LogP contribution in [0.5, 0.6) is 0 Å². The topological polar surface area (TPSA) is 83.1 Å². The number of carbonyl (C=O) groups is 2. The zero-order valence-corrected chi connectivity index (χ0v) is 15.6. The van der Waals surface area contributed by atoms with Crippen LogP contribution in [0.3, 0.4) is 0 Å². The van der Waals surface area contributed by atoms with Gasteiger partial charge in [-0.3, -0.25) is 9.59 Å². The highest BCUT2D eigenvalue weighted by Crippen LogP contribution is 2.17. The highest BCUT2D eigenvalue weighted by atomic mass is 32.1.